The van der Waals surface area contributed by atoms with E-state index in [0.29, 0.717) is 12.3 Å². The number of carbonyl (C=O) groups excluding carboxylic acids is 1. The second kappa shape index (κ2) is 9.23. The van der Waals surface area contributed by atoms with Gasteiger partial charge in [0.25, 0.3) is 0 Å². The molecule has 0 bridgehead atoms. The number of benzene rings is 1. The molecule has 0 radical (unpaired) electrons. The van der Waals surface area contributed by atoms with Gasteiger partial charge in [-0.1, -0.05) is 64.3 Å². The molecule has 1 aromatic carbocycles. The maximum absolute atomic E-state index is 12.7. The lowest BCUT2D eigenvalue weighted by atomic mass is 9.75. The zero-order chi connectivity index (χ0) is 20.1. The lowest BCUT2D eigenvalue weighted by Gasteiger charge is -2.42. The second-order valence-corrected chi connectivity index (χ2v) is 9.49. The maximum atomic E-state index is 12.7. The summed E-state index contributed by atoms with van der Waals surface area (Å²) in [5, 5.41) is 0. The number of esters is 1. The third kappa shape index (κ3) is 6.64. The lowest BCUT2D eigenvalue weighted by Crippen LogP contribution is -2.44. The number of hydrogen-bond donors (Lipinski definition) is 0. The van der Waals surface area contributed by atoms with E-state index in [0.717, 1.165) is 24.8 Å². The number of ether oxygens (including phenoxy) is 2. The van der Waals surface area contributed by atoms with Crippen molar-refractivity contribution in [1.29, 1.82) is 0 Å². The van der Waals surface area contributed by atoms with Crippen LogP contribution in [0.4, 0.5) is 0 Å². The van der Waals surface area contributed by atoms with Gasteiger partial charge in [-0.15, -0.1) is 0 Å². The predicted octanol–water partition coefficient (Wildman–Crippen LogP) is 6.40. The van der Waals surface area contributed by atoms with Crippen LogP contribution in [-0.4, -0.2) is 17.9 Å². The van der Waals surface area contributed by atoms with Gasteiger partial charge in [-0.25, -0.2) is 0 Å². The fourth-order valence-electron chi connectivity index (χ4n) is 3.75. The van der Waals surface area contributed by atoms with Gasteiger partial charge in [0.2, 0.25) is 6.29 Å². The van der Waals surface area contributed by atoms with Crippen molar-refractivity contribution >= 4 is 5.97 Å². The van der Waals surface area contributed by atoms with Gasteiger partial charge >= 0.3 is 5.97 Å². The molecule has 0 N–H and O–H groups in total. The van der Waals surface area contributed by atoms with E-state index in [1.165, 1.54) is 24.8 Å². The highest BCUT2D eigenvalue weighted by Gasteiger charge is 2.41. The highest BCUT2D eigenvalue weighted by Crippen LogP contribution is 2.42. The predicted molar refractivity (Wildman–Crippen MR) is 111 cm³/mol. The Bertz CT molecular complexity index is 591. The summed E-state index contributed by atoms with van der Waals surface area (Å²) in [6.07, 6.45) is 6.63. The van der Waals surface area contributed by atoms with Crippen LogP contribution in [0, 0.1) is 5.41 Å². The van der Waals surface area contributed by atoms with Crippen LogP contribution in [0.25, 0.3) is 0 Å². The third-order valence-corrected chi connectivity index (χ3v) is 5.77. The van der Waals surface area contributed by atoms with E-state index in [4.69, 9.17) is 9.47 Å². The SMILES string of the molecule is CCC(C)c1ccc(CC(=O)OC(OC(C)(C)C)C2(C)CCCCC2)cc1. The van der Waals surface area contributed by atoms with Crippen molar-refractivity contribution in [3.63, 3.8) is 0 Å². The molecule has 0 saturated heterocycles. The van der Waals surface area contributed by atoms with Crippen LogP contribution in [-0.2, 0) is 20.7 Å². The van der Waals surface area contributed by atoms with Crippen molar-refractivity contribution in [2.45, 2.75) is 104 Å². The first-order valence-electron chi connectivity index (χ1n) is 10.6. The molecule has 0 aliphatic heterocycles. The molecule has 152 valence electrons. The van der Waals surface area contributed by atoms with Crippen molar-refractivity contribution in [1.82, 2.24) is 0 Å². The van der Waals surface area contributed by atoms with Crippen LogP contribution < -0.4 is 0 Å². The fraction of sp³-hybridized carbons (Fsp3) is 0.708. The molecule has 0 aromatic heterocycles. The highest BCUT2D eigenvalue weighted by molar-refractivity contribution is 5.72. The van der Waals surface area contributed by atoms with Crippen molar-refractivity contribution in [3.05, 3.63) is 35.4 Å². The minimum Gasteiger partial charge on any atom is -0.435 e. The van der Waals surface area contributed by atoms with E-state index >= 15 is 0 Å². The standard InChI is InChI=1S/C24H38O3/c1-7-18(2)20-13-11-19(12-14-20)17-21(25)26-22(27-23(3,4)5)24(6)15-9-8-10-16-24/h11-14,18,22H,7-10,15-17H2,1-6H3. The molecule has 0 spiro atoms. The van der Waals surface area contributed by atoms with Crippen molar-refractivity contribution < 1.29 is 14.3 Å². The zero-order valence-corrected chi connectivity index (χ0v) is 18.1. The van der Waals surface area contributed by atoms with Gasteiger partial charge in [-0.3, -0.25) is 4.79 Å². The van der Waals surface area contributed by atoms with Gasteiger partial charge in [0, 0.05) is 5.41 Å². The largest absolute Gasteiger partial charge is 0.435 e. The van der Waals surface area contributed by atoms with E-state index in [2.05, 4.69) is 32.9 Å². The Kier molecular flexibility index (Phi) is 7.50. The summed E-state index contributed by atoms with van der Waals surface area (Å²) in [4.78, 5) is 12.7. The van der Waals surface area contributed by atoms with E-state index in [-0.39, 0.29) is 17.0 Å². The van der Waals surface area contributed by atoms with Gasteiger partial charge < -0.3 is 9.47 Å². The molecule has 27 heavy (non-hydrogen) atoms. The zero-order valence-electron chi connectivity index (χ0n) is 18.1. The highest BCUT2D eigenvalue weighted by atomic mass is 16.7. The maximum Gasteiger partial charge on any atom is 0.312 e. The Hall–Kier alpha value is -1.35. The van der Waals surface area contributed by atoms with E-state index in [1.54, 1.807) is 0 Å². The minimum atomic E-state index is -0.482. The molecular formula is C24H38O3. The molecule has 2 rings (SSSR count). The molecular weight excluding hydrogens is 336 g/mol. The monoisotopic (exact) mass is 374 g/mol. The van der Waals surface area contributed by atoms with Crippen molar-refractivity contribution in [2.24, 2.45) is 5.41 Å². The summed E-state index contributed by atoms with van der Waals surface area (Å²) in [6, 6.07) is 8.35. The summed E-state index contributed by atoms with van der Waals surface area (Å²) in [7, 11) is 0. The normalized spacial score (nSPS) is 19.3. The summed E-state index contributed by atoms with van der Waals surface area (Å²) >= 11 is 0. The average Bonchev–Trinajstić information content (AvgIpc) is 2.60. The first-order valence-corrected chi connectivity index (χ1v) is 10.6. The number of hydrogen-bond acceptors (Lipinski definition) is 3. The van der Waals surface area contributed by atoms with Crippen molar-refractivity contribution in [2.75, 3.05) is 0 Å². The summed E-state index contributed by atoms with van der Waals surface area (Å²) in [6.45, 7) is 12.7. The van der Waals surface area contributed by atoms with Gasteiger partial charge in [-0.05, 0) is 57.1 Å². The Morgan fingerprint density at radius 1 is 1.11 bits per heavy atom. The molecule has 2 unspecified atom stereocenters. The van der Waals surface area contributed by atoms with Gasteiger partial charge in [0.1, 0.15) is 0 Å². The summed E-state index contributed by atoms with van der Waals surface area (Å²) in [5.74, 6) is 0.342. The first kappa shape index (κ1) is 21.9. The smallest absolute Gasteiger partial charge is 0.312 e. The molecule has 1 aromatic rings. The summed E-state index contributed by atoms with van der Waals surface area (Å²) < 4.78 is 12.1. The molecule has 1 aliphatic carbocycles. The van der Waals surface area contributed by atoms with Crippen LogP contribution >= 0.6 is 0 Å². The minimum absolute atomic E-state index is 0.0956. The molecule has 1 aliphatic rings. The Morgan fingerprint density at radius 2 is 1.70 bits per heavy atom. The Balaban J connectivity index is 2.04. The topological polar surface area (TPSA) is 35.5 Å². The molecule has 2 atom stereocenters. The van der Waals surface area contributed by atoms with Crippen LogP contribution in [0.1, 0.15) is 97.1 Å². The Labute approximate surface area is 165 Å². The van der Waals surface area contributed by atoms with Crippen LogP contribution in [0.5, 0.6) is 0 Å². The van der Waals surface area contributed by atoms with E-state index in [9.17, 15) is 4.79 Å². The Morgan fingerprint density at radius 3 is 2.22 bits per heavy atom. The van der Waals surface area contributed by atoms with Gasteiger partial charge in [0.15, 0.2) is 0 Å². The molecule has 3 heteroatoms. The fourth-order valence-corrected chi connectivity index (χ4v) is 3.75. The van der Waals surface area contributed by atoms with Gasteiger partial charge in [0.05, 0.1) is 12.0 Å². The van der Waals surface area contributed by atoms with E-state index in [1.807, 2.05) is 32.9 Å². The molecule has 1 fully saturated rings. The van der Waals surface area contributed by atoms with Crippen LogP contribution in [0.15, 0.2) is 24.3 Å². The molecule has 3 nitrogen and oxygen atoms in total. The lowest BCUT2D eigenvalue weighted by molar-refractivity contribution is -0.244. The molecule has 0 amide bonds. The van der Waals surface area contributed by atoms with Crippen molar-refractivity contribution in [3.8, 4) is 0 Å². The summed E-state index contributed by atoms with van der Waals surface area (Å²) in [5.41, 5.74) is 1.87. The quantitative estimate of drug-likeness (QED) is 0.409. The average molecular weight is 375 g/mol. The molecule has 1 saturated carbocycles. The third-order valence-electron chi connectivity index (χ3n) is 5.77. The number of carbonyl (C=O) groups is 1. The van der Waals surface area contributed by atoms with Crippen LogP contribution in [0.3, 0.4) is 0 Å². The molecule has 0 heterocycles. The van der Waals surface area contributed by atoms with Gasteiger partial charge in [-0.2, -0.15) is 0 Å². The van der Waals surface area contributed by atoms with E-state index < -0.39 is 6.29 Å². The second-order valence-electron chi connectivity index (χ2n) is 9.49. The van der Waals surface area contributed by atoms with Crippen LogP contribution in [0.2, 0.25) is 0 Å². The first-order chi connectivity index (χ1) is 12.6. The number of rotatable bonds is 7.